The molecule has 1 aromatic rings. The van der Waals surface area contributed by atoms with Crippen LogP contribution in [0.15, 0.2) is 18.2 Å². The van der Waals surface area contributed by atoms with Gasteiger partial charge in [0.25, 0.3) is 0 Å². The molecule has 2 heteroatoms. The van der Waals surface area contributed by atoms with Crippen LogP contribution < -0.4 is 0 Å². The topological polar surface area (TPSA) is 23.8 Å². The molecule has 1 aromatic carbocycles. The lowest BCUT2D eigenvalue weighted by Crippen LogP contribution is -1.94. The van der Waals surface area contributed by atoms with Crippen LogP contribution in [-0.4, -0.2) is 0 Å². The van der Waals surface area contributed by atoms with Gasteiger partial charge in [-0.2, -0.15) is 5.26 Å². The second-order valence-electron chi connectivity index (χ2n) is 2.82. The smallest absolute Gasteiger partial charge is 0.0701 e. The first kappa shape index (κ1) is 9.09. The van der Waals surface area contributed by atoms with Crippen molar-refractivity contribution < 1.29 is 0 Å². The van der Waals surface area contributed by atoms with Gasteiger partial charge in [-0.3, -0.25) is 0 Å². The average molecular weight is 180 g/mol. The molecule has 1 unspecified atom stereocenters. The monoisotopic (exact) mass is 179 g/mol. The minimum Gasteiger partial charge on any atom is -0.198 e. The Morgan fingerprint density at radius 2 is 2.17 bits per heavy atom. The van der Waals surface area contributed by atoms with E-state index in [1.807, 2.05) is 32.0 Å². The van der Waals surface area contributed by atoms with Crippen molar-refractivity contribution in [2.24, 2.45) is 0 Å². The van der Waals surface area contributed by atoms with Crippen LogP contribution in [0.1, 0.15) is 24.0 Å². The van der Waals surface area contributed by atoms with Gasteiger partial charge in [-0.1, -0.05) is 23.7 Å². The summed E-state index contributed by atoms with van der Waals surface area (Å²) in [6.07, 6.45) is 0. The third-order valence-electron chi connectivity index (χ3n) is 1.90. The van der Waals surface area contributed by atoms with Gasteiger partial charge in [0.2, 0.25) is 0 Å². The van der Waals surface area contributed by atoms with Gasteiger partial charge < -0.3 is 0 Å². The van der Waals surface area contributed by atoms with Crippen LogP contribution >= 0.6 is 11.6 Å². The minimum absolute atomic E-state index is 0.126. The van der Waals surface area contributed by atoms with Crippen LogP contribution in [0.25, 0.3) is 0 Å². The number of rotatable bonds is 1. The first-order valence-electron chi connectivity index (χ1n) is 3.81. The summed E-state index contributed by atoms with van der Waals surface area (Å²) < 4.78 is 0. The van der Waals surface area contributed by atoms with Crippen molar-refractivity contribution >= 4 is 11.6 Å². The Morgan fingerprint density at radius 1 is 1.50 bits per heavy atom. The predicted octanol–water partition coefficient (Wildman–Crippen LogP) is 3.28. The molecule has 0 heterocycles. The number of nitrogens with zero attached hydrogens (tertiary/aromatic N) is 1. The molecule has 0 aliphatic carbocycles. The maximum Gasteiger partial charge on any atom is 0.0701 e. The average Bonchev–Trinajstić information content (AvgIpc) is 2.03. The van der Waals surface area contributed by atoms with E-state index in [0.29, 0.717) is 5.02 Å². The number of aryl methyl sites for hydroxylation is 1. The summed E-state index contributed by atoms with van der Waals surface area (Å²) in [4.78, 5) is 0. The van der Waals surface area contributed by atoms with E-state index in [1.54, 1.807) is 0 Å². The lowest BCUT2D eigenvalue weighted by Gasteiger charge is -2.08. The van der Waals surface area contributed by atoms with Crippen LogP contribution in [0, 0.1) is 18.3 Å². The number of hydrogen-bond donors (Lipinski definition) is 0. The van der Waals surface area contributed by atoms with Crippen molar-refractivity contribution in [3.8, 4) is 6.07 Å². The SMILES string of the molecule is Cc1cccc(Cl)c1C(C)C#N. The summed E-state index contributed by atoms with van der Waals surface area (Å²) in [7, 11) is 0. The molecule has 62 valence electrons. The predicted molar refractivity (Wildman–Crippen MR) is 50.2 cm³/mol. The van der Waals surface area contributed by atoms with Gasteiger partial charge in [0, 0.05) is 5.02 Å². The zero-order valence-electron chi connectivity index (χ0n) is 7.13. The highest BCUT2D eigenvalue weighted by Crippen LogP contribution is 2.26. The van der Waals surface area contributed by atoms with E-state index < -0.39 is 0 Å². The second-order valence-corrected chi connectivity index (χ2v) is 3.23. The Bertz CT molecular complexity index is 305. The summed E-state index contributed by atoms with van der Waals surface area (Å²) in [5.74, 6) is -0.126. The zero-order valence-corrected chi connectivity index (χ0v) is 7.89. The van der Waals surface area contributed by atoms with E-state index in [9.17, 15) is 0 Å². The van der Waals surface area contributed by atoms with Gasteiger partial charge in [-0.15, -0.1) is 0 Å². The molecule has 0 amide bonds. The molecule has 0 aliphatic rings. The number of halogens is 1. The molecule has 0 aliphatic heterocycles. The molecule has 0 bridgehead atoms. The van der Waals surface area contributed by atoms with E-state index in [2.05, 4.69) is 6.07 Å². The molecule has 0 aromatic heterocycles. The van der Waals surface area contributed by atoms with Crippen molar-refractivity contribution in [3.05, 3.63) is 34.3 Å². The number of nitriles is 1. The second kappa shape index (κ2) is 3.60. The van der Waals surface area contributed by atoms with Gasteiger partial charge in [0.05, 0.1) is 12.0 Å². The van der Waals surface area contributed by atoms with Crippen molar-refractivity contribution in [3.63, 3.8) is 0 Å². The van der Waals surface area contributed by atoms with E-state index >= 15 is 0 Å². The summed E-state index contributed by atoms with van der Waals surface area (Å²) in [5.41, 5.74) is 2.03. The molecular formula is C10H10ClN. The molecular weight excluding hydrogens is 170 g/mol. The highest BCUT2D eigenvalue weighted by Gasteiger charge is 2.10. The van der Waals surface area contributed by atoms with E-state index in [0.717, 1.165) is 11.1 Å². The highest BCUT2D eigenvalue weighted by molar-refractivity contribution is 6.31. The molecule has 0 radical (unpaired) electrons. The fourth-order valence-corrected chi connectivity index (χ4v) is 1.64. The van der Waals surface area contributed by atoms with Crippen molar-refractivity contribution in [2.75, 3.05) is 0 Å². The summed E-state index contributed by atoms with van der Waals surface area (Å²) in [6.45, 7) is 3.82. The lowest BCUT2D eigenvalue weighted by atomic mass is 9.98. The van der Waals surface area contributed by atoms with Gasteiger partial charge in [0.15, 0.2) is 0 Å². The van der Waals surface area contributed by atoms with Crippen LogP contribution in [-0.2, 0) is 0 Å². The molecule has 0 fully saturated rings. The Morgan fingerprint density at radius 3 is 2.67 bits per heavy atom. The molecule has 1 rings (SSSR count). The maximum atomic E-state index is 8.73. The third kappa shape index (κ3) is 1.60. The van der Waals surface area contributed by atoms with Crippen LogP contribution in [0.2, 0.25) is 5.02 Å². The largest absolute Gasteiger partial charge is 0.198 e. The van der Waals surface area contributed by atoms with Gasteiger partial charge in [0.1, 0.15) is 0 Å². The summed E-state index contributed by atoms with van der Waals surface area (Å²) in [6, 6.07) is 7.86. The molecule has 1 atom stereocenters. The molecule has 0 spiro atoms. The fraction of sp³-hybridized carbons (Fsp3) is 0.300. The van der Waals surface area contributed by atoms with Crippen molar-refractivity contribution in [1.82, 2.24) is 0 Å². The molecule has 1 nitrogen and oxygen atoms in total. The van der Waals surface area contributed by atoms with Gasteiger partial charge >= 0.3 is 0 Å². The van der Waals surface area contributed by atoms with Crippen LogP contribution in [0.4, 0.5) is 0 Å². The van der Waals surface area contributed by atoms with Gasteiger partial charge in [-0.05, 0) is 31.0 Å². The third-order valence-corrected chi connectivity index (χ3v) is 2.23. The fourth-order valence-electron chi connectivity index (χ4n) is 1.26. The number of benzene rings is 1. The standard InChI is InChI=1S/C10H10ClN/c1-7-4-3-5-9(11)10(7)8(2)6-12/h3-5,8H,1-2H3. The highest BCUT2D eigenvalue weighted by atomic mass is 35.5. The van der Waals surface area contributed by atoms with Crippen LogP contribution in [0.5, 0.6) is 0 Å². The normalized spacial score (nSPS) is 12.2. The Hall–Kier alpha value is -1.00. The van der Waals surface area contributed by atoms with Gasteiger partial charge in [-0.25, -0.2) is 0 Å². The van der Waals surface area contributed by atoms with Crippen molar-refractivity contribution in [2.45, 2.75) is 19.8 Å². The molecule has 0 saturated carbocycles. The van der Waals surface area contributed by atoms with E-state index in [4.69, 9.17) is 16.9 Å². The number of hydrogen-bond acceptors (Lipinski definition) is 1. The maximum absolute atomic E-state index is 8.73. The Kier molecular flexibility index (Phi) is 2.73. The molecule has 0 saturated heterocycles. The quantitative estimate of drug-likeness (QED) is 0.649. The summed E-state index contributed by atoms with van der Waals surface area (Å²) >= 11 is 5.95. The van der Waals surface area contributed by atoms with E-state index in [-0.39, 0.29) is 5.92 Å². The first-order valence-corrected chi connectivity index (χ1v) is 4.19. The molecule has 12 heavy (non-hydrogen) atoms. The van der Waals surface area contributed by atoms with Crippen molar-refractivity contribution in [1.29, 1.82) is 5.26 Å². The molecule has 0 N–H and O–H groups in total. The first-order chi connectivity index (χ1) is 5.66. The van der Waals surface area contributed by atoms with Crippen LogP contribution in [0.3, 0.4) is 0 Å². The lowest BCUT2D eigenvalue weighted by molar-refractivity contribution is 0.966. The minimum atomic E-state index is -0.126. The summed E-state index contributed by atoms with van der Waals surface area (Å²) in [5, 5.41) is 9.41. The Balaban J connectivity index is 3.23. The van der Waals surface area contributed by atoms with E-state index in [1.165, 1.54) is 0 Å². The zero-order chi connectivity index (χ0) is 9.14. The Labute approximate surface area is 77.6 Å².